The monoisotopic (exact) mass is 214 g/mol. The molecule has 0 aromatic carbocycles. The average Bonchev–Trinajstić information content (AvgIpc) is 2.10. The molecule has 0 heterocycles. The zero-order chi connectivity index (χ0) is 12.1. The summed E-state index contributed by atoms with van der Waals surface area (Å²) in [5, 5.41) is 6.30. The summed E-state index contributed by atoms with van der Waals surface area (Å²) < 4.78 is 0. The molecule has 0 fully saturated rings. The third kappa shape index (κ3) is 6.50. The van der Waals surface area contributed by atoms with Crippen LogP contribution in [0.15, 0.2) is 0 Å². The largest absolute Gasteiger partial charge is 0.350 e. The number of carbonyl (C=O) groups excluding carboxylic acids is 1. The average molecular weight is 214 g/mol. The predicted octanol–water partition coefficient (Wildman–Crippen LogP) is 2.07. The van der Waals surface area contributed by atoms with Crippen molar-refractivity contribution in [2.75, 3.05) is 0 Å². The molecular weight excluding hydrogens is 188 g/mol. The van der Waals surface area contributed by atoms with Gasteiger partial charge in [0.15, 0.2) is 0 Å². The Morgan fingerprint density at radius 1 is 1.20 bits per heavy atom. The van der Waals surface area contributed by atoms with E-state index in [0.29, 0.717) is 6.04 Å². The molecule has 3 heteroatoms. The molecule has 1 atom stereocenters. The zero-order valence-electron chi connectivity index (χ0n) is 11.0. The fraction of sp³-hybridized carbons (Fsp3) is 0.917. The highest BCUT2D eigenvalue weighted by Gasteiger charge is 2.20. The Labute approximate surface area is 94.0 Å². The van der Waals surface area contributed by atoms with E-state index in [1.54, 1.807) is 0 Å². The molecular formula is C12H26N2O. The van der Waals surface area contributed by atoms with Crippen molar-refractivity contribution in [1.29, 1.82) is 0 Å². The molecule has 0 aliphatic carbocycles. The minimum Gasteiger partial charge on any atom is -0.350 e. The maximum absolute atomic E-state index is 11.8. The highest BCUT2D eigenvalue weighted by molar-refractivity contribution is 5.81. The van der Waals surface area contributed by atoms with Gasteiger partial charge < -0.3 is 10.6 Å². The molecule has 90 valence electrons. The lowest BCUT2D eigenvalue weighted by molar-refractivity contribution is -0.124. The highest BCUT2D eigenvalue weighted by atomic mass is 16.2. The van der Waals surface area contributed by atoms with Crippen LogP contribution in [0.25, 0.3) is 0 Å². The van der Waals surface area contributed by atoms with Crippen molar-refractivity contribution in [3.63, 3.8) is 0 Å². The number of hydrogen-bond donors (Lipinski definition) is 2. The summed E-state index contributed by atoms with van der Waals surface area (Å²) in [6.07, 6.45) is 2.12. The first-order chi connectivity index (χ1) is 6.80. The summed E-state index contributed by atoms with van der Waals surface area (Å²) in [6, 6.07) is 0.319. The van der Waals surface area contributed by atoms with Crippen LogP contribution in [0, 0.1) is 0 Å². The molecule has 0 saturated carbocycles. The van der Waals surface area contributed by atoms with Crippen molar-refractivity contribution >= 4 is 5.91 Å². The van der Waals surface area contributed by atoms with Gasteiger partial charge in [-0.2, -0.15) is 0 Å². The molecule has 0 saturated heterocycles. The van der Waals surface area contributed by atoms with Gasteiger partial charge in [-0.15, -0.1) is 0 Å². The lowest BCUT2D eigenvalue weighted by Crippen LogP contribution is -2.51. The number of carbonyl (C=O) groups is 1. The number of nitrogens with one attached hydrogen (secondary N) is 2. The van der Waals surface area contributed by atoms with Crippen LogP contribution < -0.4 is 10.6 Å². The molecule has 2 N–H and O–H groups in total. The second kappa shape index (κ2) is 6.11. The van der Waals surface area contributed by atoms with Gasteiger partial charge in [0.2, 0.25) is 5.91 Å². The van der Waals surface area contributed by atoms with Crippen LogP contribution in [-0.2, 0) is 4.79 Å². The van der Waals surface area contributed by atoms with Gasteiger partial charge >= 0.3 is 0 Å². The van der Waals surface area contributed by atoms with Gasteiger partial charge in [0.05, 0.1) is 6.04 Å². The second-order valence-corrected chi connectivity index (χ2v) is 5.14. The van der Waals surface area contributed by atoms with Gasteiger partial charge in [-0.05, 0) is 40.5 Å². The molecule has 0 aliphatic heterocycles. The molecule has 0 aromatic rings. The molecule has 0 spiro atoms. The molecule has 0 radical (unpaired) electrons. The predicted molar refractivity (Wildman–Crippen MR) is 64.9 cm³/mol. The highest BCUT2D eigenvalue weighted by Crippen LogP contribution is 2.02. The van der Waals surface area contributed by atoms with Gasteiger partial charge in [-0.25, -0.2) is 0 Å². The fourth-order valence-corrected chi connectivity index (χ4v) is 1.43. The Morgan fingerprint density at radius 3 is 2.00 bits per heavy atom. The van der Waals surface area contributed by atoms with E-state index in [4.69, 9.17) is 0 Å². The van der Waals surface area contributed by atoms with Crippen molar-refractivity contribution in [2.24, 2.45) is 0 Å². The van der Waals surface area contributed by atoms with Crippen LogP contribution in [0.1, 0.15) is 54.4 Å². The van der Waals surface area contributed by atoms with Crippen molar-refractivity contribution in [2.45, 2.75) is 72.0 Å². The molecule has 0 aliphatic rings. The smallest absolute Gasteiger partial charge is 0.237 e. The molecule has 1 amide bonds. The molecule has 0 aromatic heterocycles. The second-order valence-electron chi connectivity index (χ2n) is 5.14. The van der Waals surface area contributed by atoms with Crippen molar-refractivity contribution < 1.29 is 4.79 Å². The van der Waals surface area contributed by atoms with Gasteiger partial charge in [0, 0.05) is 11.6 Å². The third-order valence-corrected chi connectivity index (χ3v) is 2.36. The van der Waals surface area contributed by atoms with Crippen molar-refractivity contribution in [3.8, 4) is 0 Å². The summed E-state index contributed by atoms with van der Waals surface area (Å²) in [5.74, 6) is 0.0781. The van der Waals surface area contributed by atoms with Crippen LogP contribution in [0.5, 0.6) is 0 Å². The molecule has 0 bridgehead atoms. The van der Waals surface area contributed by atoms with Gasteiger partial charge in [-0.3, -0.25) is 4.79 Å². The van der Waals surface area contributed by atoms with E-state index in [0.717, 1.165) is 12.8 Å². The maximum atomic E-state index is 11.8. The quantitative estimate of drug-likeness (QED) is 0.735. The summed E-state index contributed by atoms with van der Waals surface area (Å²) in [6.45, 7) is 12.2. The Morgan fingerprint density at radius 2 is 1.67 bits per heavy atom. The Hall–Kier alpha value is -0.570. The molecule has 1 unspecified atom stereocenters. The minimum atomic E-state index is -0.152. The van der Waals surface area contributed by atoms with E-state index in [2.05, 4.69) is 24.5 Å². The lowest BCUT2D eigenvalue weighted by atomic mass is 10.1. The normalized spacial score (nSPS) is 14.1. The van der Waals surface area contributed by atoms with Crippen LogP contribution in [-0.4, -0.2) is 23.5 Å². The maximum Gasteiger partial charge on any atom is 0.237 e. The topological polar surface area (TPSA) is 41.1 Å². The van der Waals surface area contributed by atoms with Crippen LogP contribution in [0.4, 0.5) is 0 Å². The van der Waals surface area contributed by atoms with Gasteiger partial charge in [0.1, 0.15) is 0 Å². The van der Waals surface area contributed by atoms with E-state index in [1.165, 1.54) is 0 Å². The van der Waals surface area contributed by atoms with Gasteiger partial charge in [0.25, 0.3) is 0 Å². The van der Waals surface area contributed by atoms with E-state index < -0.39 is 0 Å². The number of rotatable bonds is 5. The van der Waals surface area contributed by atoms with Crippen LogP contribution in [0.3, 0.4) is 0 Å². The van der Waals surface area contributed by atoms with E-state index in [1.807, 2.05) is 27.7 Å². The molecule has 0 rings (SSSR count). The Balaban J connectivity index is 4.09. The Kier molecular flexibility index (Phi) is 5.88. The fourth-order valence-electron chi connectivity index (χ4n) is 1.43. The van der Waals surface area contributed by atoms with E-state index in [9.17, 15) is 4.79 Å². The van der Waals surface area contributed by atoms with Gasteiger partial charge in [-0.1, -0.05) is 13.8 Å². The van der Waals surface area contributed by atoms with Crippen LogP contribution >= 0.6 is 0 Å². The lowest BCUT2D eigenvalue weighted by Gasteiger charge is -2.26. The standard InChI is InChI=1S/C12H26N2O/c1-7-10(8-2)13-9(3)11(15)14-12(4,5)6/h9-10,13H,7-8H2,1-6H3,(H,14,15). The van der Waals surface area contributed by atoms with E-state index >= 15 is 0 Å². The summed E-state index contributed by atoms with van der Waals surface area (Å²) in [7, 11) is 0. The first-order valence-electron chi connectivity index (χ1n) is 5.88. The Bertz CT molecular complexity index is 192. The van der Waals surface area contributed by atoms with Crippen LogP contribution in [0.2, 0.25) is 0 Å². The minimum absolute atomic E-state index is 0.0781. The SMILES string of the molecule is CCC(CC)NC(C)C(=O)NC(C)(C)C. The van der Waals surface area contributed by atoms with Crippen molar-refractivity contribution in [3.05, 3.63) is 0 Å². The first-order valence-corrected chi connectivity index (χ1v) is 5.88. The first kappa shape index (κ1) is 14.4. The molecule has 3 nitrogen and oxygen atoms in total. The summed E-state index contributed by atoms with van der Waals surface area (Å²) >= 11 is 0. The van der Waals surface area contributed by atoms with E-state index in [-0.39, 0.29) is 17.5 Å². The summed E-state index contributed by atoms with van der Waals surface area (Å²) in [5.41, 5.74) is -0.152. The number of amides is 1. The van der Waals surface area contributed by atoms with Crippen molar-refractivity contribution in [1.82, 2.24) is 10.6 Å². The third-order valence-electron chi connectivity index (χ3n) is 2.36. The number of hydrogen-bond acceptors (Lipinski definition) is 2. The zero-order valence-corrected chi connectivity index (χ0v) is 11.0. The summed E-state index contributed by atoms with van der Waals surface area (Å²) in [4.78, 5) is 11.8. The molecule has 15 heavy (non-hydrogen) atoms.